The van der Waals surface area contributed by atoms with Crippen LogP contribution >= 0.6 is 0 Å². The lowest BCUT2D eigenvalue weighted by Crippen LogP contribution is -2.57. The summed E-state index contributed by atoms with van der Waals surface area (Å²) in [7, 11) is 0. The summed E-state index contributed by atoms with van der Waals surface area (Å²) in [6, 6.07) is 0.481. The number of fused-ring (bicyclic) bond motifs is 1. The third kappa shape index (κ3) is 3.05. The molecular formula is C15H24N2O. The molecule has 100 valence electrons. The molecule has 0 aromatic rings. The highest BCUT2D eigenvalue weighted by atomic mass is 16.2. The Morgan fingerprint density at radius 2 is 2.00 bits per heavy atom. The first-order valence-electron chi connectivity index (χ1n) is 7.08. The van der Waals surface area contributed by atoms with Crippen molar-refractivity contribution in [2.24, 2.45) is 5.92 Å². The van der Waals surface area contributed by atoms with Gasteiger partial charge in [0.15, 0.2) is 0 Å². The number of nitrogens with one attached hydrogen (secondary N) is 2. The third-order valence-corrected chi connectivity index (χ3v) is 4.26. The van der Waals surface area contributed by atoms with Gasteiger partial charge in [-0.1, -0.05) is 18.8 Å². The monoisotopic (exact) mass is 248 g/mol. The number of rotatable bonds is 2. The summed E-state index contributed by atoms with van der Waals surface area (Å²) in [6.07, 6.45) is 12.7. The molecule has 1 saturated carbocycles. The second-order valence-corrected chi connectivity index (χ2v) is 6.21. The van der Waals surface area contributed by atoms with Crippen molar-refractivity contribution >= 4 is 5.91 Å². The fourth-order valence-electron chi connectivity index (χ4n) is 3.13. The van der Waals surface area contributed by atoms with Crippen LogP contribution in [0.25, 0.3) is 0 Å². The fourth-order valence-corrected chi connectivity index (χ4v) is 3.13. The molecule has 0 spiro atoms. The fraction of sp³-hybridized carbons (Fsp3) is 0.800. The number of carbonyl (C=O) groups excluding carboxylic acids is 1. The Kier molecular flexibility index (Phi) is 3.97. The smallest absolute Gasteiger partial charge is 0.238 e. The summed E-state index contributed by atoms with van der Waals surface area (Å²) in [5.41, 5.74) is -0.553. The Bertz CT molecular complexity index is 356. The molecule has 0 bridgehead atoms. The maximum Gasteiger partial charge on any atom is 0.238 e. The van der Waals surface area contributed by atoms with Gasteiger partial charge in [-0.05, 0) is 45.4 Å². The minimum absolute atomic E-state index is 0.0574. The van der Waals surface area contributed by atoms with Crippen LogP contribution in [0.5, 0.6) is 0 Å². The van der Waals surface area contributed by atoms with Crippen molar-refractivity contribution in [2.45, 2.75) is 70.0 Å². The van der Waals surface area contributed by atoms with Crippen LogP contribution in [-0.2, 0) is 4.79 Å². The molecule has 0 radical (unpaired) electrons. The number of hydrogen-bond acceptors (Lipinski definition) is 2. The van der Waals surface area contributed by atoms with Gasteiger partial charge in [0.05, 0.1) is 11.6 Å². The summed E-state index contributed by atoms with van der Waals surface area (Å²) >= 11 is 0. The van der Waals surface area contributed by atoms with E-state index in [1.807, 2.05) is 13.8 Å². The minimum Gasteiger partial charge on any atom is -0.339 e. The van der Waals surface area contributed by atoms with E-state index in [0.29, 0.717) is 6.04 Å². The summed E-state index contributed by atoms with van der Waals surface area (Å²) in [5.74, 6) is 3.45. The Balaban J connectivity index is 1.91. The molecule has 2 rings (SSSR count). The zero-order valence-corrected chi connectivity index (χ0v) is 11.5. The molecule has 18 heavy (non-hydrogen) atoms. The largest absolute Gasteiger partial charge is 0.339 e. The van der Waals surface area contributed by atoms with E-state index in [9.17, 15) is 4.79 Å². The van der Waals surface area contributed by atoms with E-state index >= 15 is 0 Å². The SMILES string of the molecule is C#CC(C)(C)NC(=O)C1CCC2CCCCC2N1. The van der Waals surface area contributed by atoms with E-state index in [1.54, 1.807) is 0 Å². The molecule has 0 aromatic heterocycles. The number of terminal acetylenes is 1. The quantitative estimate of drug-likeness (QED) is 0.732. The van der Waals surface area contributed by atoms with Crippen molar-refractivity contribution in [1.82, 2.24) is 10.6 Å². The lowest BCUT2D eigenvalue weighted by atomic mass is 9.77. The molecule has 1 amide bonds. The Labute approximate surface area is 110 Å². The van der Waals surface area contributed by atoms with Crippen molar-refractivity contribution in [3.63, 3.8) is 0 Å². The average Bonchev–Trinajstić information content (AvgIpc) is 2.37. The third-order valence-electron chi connectivity index (χ3n) is 4.26. The average molecular weight is 248 g/mol. The topological polar surface area (TPSA) is 41.1 Å². The van der Waals surface area contributed by atoms with Gasteiger partial charge in [0.1, 0.15) is 0 Å². The van der Waals surface area contributed by atoms with Crippen molar-refractivity contribution in [1.29, 1.82) is 0 Å². The van der Waals surface area contributed by atoms with Gasteiger partial charge < -0.3 is 10.6 Å². The van der Waals surface area contributed by atoms with Gasteiger partial charge in [0, 0.05) is 6.04 Å². The van der Waals surface area contributed by atoms with Gasteiger partial charge in [-0.3, -0.25) is 4.79 Å². The minimum atomic E-state index is -0.553. The van der Waals surface area contributed by atoms with Crippen molar-refractivity contribution in [3.8, 4) is 12.3 Å². The molecule has 3 heteroatoms. The Morgan fingerprint density at radius 1 is 1.28 bits per heavy atom. The standard InChI is InChI=1S/C15H24N2O/c1-4-15(2,3)17-14(18)13-10-9-11-7-5-6-8-12(11)16-13/h1,11-13,16H,5-10H2,2-3H3,(H,17,18). The molecular weight excluding hydrogens is 224 g/mol. The molecule has 1 saturated heterocycles. The molecule has 1 aliphatic carbocycles. The van der Waals surface area contributed by atoms with Gasteiger partial charge in [0.2, 0.25) is 5.91 Å². The molecule has 3 nitrogen and oxygen atoms in total. The zero-order chi connectivity index (χ0) is 13.2. The summed E-state index contributed by atoms with van der Waals surface area (Å²) in [5, 5.41) is 6.45. The van der Waals surface area contributed by atoms with Crippen LogP contribution in [0.4, 0.5) is 0 Å². The number of hydrogen-bond donors (Lipinski definition) is 2. The summed E-state index contributed by atoms with van der Waals surface area (Å²) in [4.78, 5) is 12.2. The van der Waals surface area contributed by atoms with Crippen molar-refractivity contribution < 1.29 is 4.79 Å². The lowest BCUT2D eigenvalue weighted by molar-refractivity contribution is -0.125. The maximum atomic E-state index is 12.2. The second-order valence-electron chi connectivity index (χ2n) is 6.21. The van der Waals surface area contributed by atoms with Crippen LogP contribution in [0.15, 0.2) is 0 Å². The molecule has 1 aliphatic heterocycles. The molecule has 0 aromatic carbocycles. The molecule has 2 fully saturated rings. The first kappa shape index (κ1) is 13.4. The first-order chi connectivity index (χ1) is 8.52. The summed E-state index contributed by atoms with van der Waals surface area (Å²) < 4.78 is 0. The van der Waals surface area contributed by atoms with Gasteiger partial charge in [-0.15, -0.1) is 6.42 Å². The highest BCUT2D eigenvalue weighted by molar-refractivity contribution is 5.83. The highest BCUT2D eigenvalue weighted by Crippen LogP contribution is 2.32. The molecule has 2 N–H and O–H groups in total. The van der Waals surface area contributed by atoms with E-state index in [-0.39, 0.29) is 11.9 Å². The van der Waals surface area contributed by atoms with Crippen LogP contribution in [0, 0.1) is 18.3 Å². The Morgan fingerprint density at radius 3 is 2.72 bits per heavy atom. The van der Waals surface area contributed by atoms with Gasteiger partial charge in [-0.25, -0.2) is 0 Å². The first-order valence-corrected chi connectivity index (χ1v) is 7.08. The van der Waals surface area contributed by atoms with Crippen LogP contribution < -0.4 is 10.6 Å². The van der Waals surface area contributed by atoms with Crippen LogP contribution in [-0.4, -0.2) is 23.5 Å². The van der Waals surface area contributed by atoms with E-state index in [4.69, 9.17) is 6.42 Å². The van der Waals surface area contributed by atoms with Crippen LogP contribution in [0.1, 0.15) is 52.4 Å². The number of piperidine rings is 1. The predicted octanol–water partition coefficient (Wildman–Crippen LogP) is 1.83. The molecule has 1 heterocycles. The number of amides is 1. The van der Waals surface area contributed by atoms with E-state index in [2.05, 4.69) is 16.6 Å². The molecule has 3 unspecified atom stereocenters. The van der Waals surface area contributed by atoms with Crippen LogP contribution in [0.3, 0.4) is 0 Å². The summed E-state index contributed by atoms with van der Waals surface area (Å²) in [6.45, 7) is 3.72. The zero-order valence-electron chi connectivity index (χ0n) is 11.5. The normalized spacial score (nSPS) is 32.2. The van der Waals surface area contributed by atoms with Gasteiger partial charge in [-0.2, -0.15) is 0 Å². The number of carbonyl (C=O) groups is 1. The lowest BCUT2D eigenvalue weighted by Gasteiger charge is -2.40. The maximum absolute atomic E-state index is 12.2. The van der Waals surface area contributed by atoms with E-state index in [0.717, 1.165) is 12.3 Å². The van der Waals surface area contributed by atoms with E-state index in [1.165, 1.54) is 32.1 Å². The second kappa shape index (κ2) is 5.32. The van der Waals surface area contributed by atoms with Crippen molar-refractivity contribution in [2.75, 3.05) is 0 Å². The van der Waals surface area contributed by atoms with Crippen LogP contribution in [0.2, 0.25) is 0 Å². The van der Waals surface area contributed by atoms with E-state index < -0.39 is 5.54 Å². The van der Waals surface area contributed by atoms with Crippen molar-refractivity contribution in [3.05, 3.63) is 0 Å². The molecule has 2 aliphatic rings. The Hall–Kier alpha value is -1.01. The molecule has 3 atom stereocenters. The van der Waals surface area contributed by atoms with Gasteiger partial charge in [0.25, 0.3) is 0 Å². The highest BCUT2D eigenvalue weighted by Gasteiger charge is 2.35. The predicted molar refractivity (Wildman–Crippen MR) is 73.0 cm³/mol. The van der Waals surface area contributed by atoms with Gasteiger partial charge >= 0.3 is 0 Å².